The maximum Gasteiger partial charge on any atom is 0.274 e. The number of amides is 1. The molecule has 0 radical (unpaired) electrons. The predicted octanol–water partition coefficient (Wildman–Crippen LogP) is 2.27. The van der Waals surface area contributed by atoms with Crippen LogP contribution in [0.5, 0.6) is 5.75 Å². The van der Waals surface area contributed by atoms with Gasteiger partial charge in [0.15, 0.2) is 0 Å². The first kappa shape index (κ1) is 21.1. The molecule has 2 aromatic carbocycles. The number of nitrogens with zero attached hydrogens (tertiary/aromatic N) is 3. The Morgan fingerprint density at radius 3 is 2.52 bits per heavy atom. The van der Waals surface area contributed by atoms with E-state index in [-0.39, 0.29) is 23.9 Å². The molecule has 0 bridgehead atoms. The average molecular weight is 421 g/mol. The van der Waals surface area contributed by atoms with Crippen LogP contribution in [0.2, 0.25) is 0 Å². The van der Waals surface area contributed by atoms with Gasteiger partial charge in [0, 0.05) is 43.7 Å². The van der Waals surface area contributed by atoms with Gasteiger partial charge in [-0.15, -0.1) is 0 Å². The largest absolute Gasteiger partial charge is 0.496 e. The molecule has 1 aliphatic rings. The van der Waals surface area contributed by atoms with Crippen molar-refractivity contribution < 1.29 is 9.53 Å². The number of hydrogen-bond acceptors (Lipinski definition) is 5. The van der Waals surface area contributed by atoms with Crippen LogP contribution in [-0.2, 0) is 24.8 Å². The molecule has 2 heterocycles. The number of fused-ring (bicyclic) bond motifs is 1. The molecule has 3 aromatic rings. The highest BCUT2D eigenvalue weighted by Crippen LogP contribution is 2.21. The van der Waals surface area contributed by atoms with E-state index in [1.807, 2.05) is 36.4 Å². The molecule has 1 aromatic heterocycles. The molecule has 7 heteroatoms. The molecule has 1 amide bonds. The number of methoxy groups -OCH3 is 1. The van der Waals surface area contributed by atoms with Crippen molar-refractivity contribution in [3.05, 3.63) is 70.1 Å². The molecule has 31 heavy (non-hydrogen) atoms. The fourth-order valence-corrected chi connectivity index (χ4v) is 4.25. The van der Waals surface area contributed by atoms with Crippen LogP contribution in [0.1, 0.15) is 24.1 Å². The summed E-state index contributed by atoms with van der Waals surface area (Å²) in [6, 6.07) is 15.6. The van der Waals surface area contributed by atoms with Crippen LogP contribution in [-0.4, -0.2) is 46.8 Å². The van der Waals surface area contributed by atoms with Crippen molar-refractivity contribution in [1.29, 1.82) is 0 Å². The third kappa shape index (κ3) is 4.77. The Morgan fingerprint density at radius 1 is 1.10 bits per heavy atom. The number of benzene rings is 2. The van der Waals surface area contributed by atoms with Crippen molar-refractivity contribution in [2.45, 2.75) is 31.8 Å². The number of para-hydroxylation sites is 1. The minimum atomic E-state index is -0.151. The normalized spacial score (nSPS) is 15.2. The number of carbonyl (C=O) groups is 1. The maximum absolute atomic E-state index is 12.7. The van der Waals surface area contributed by atoms with E-state index in [4.69, 9.17) is 4.74 Å². The minimum absolute atomic E-state index is 0.0560. The van der Waals surface area contributed by atoms with Gasteiger partial charge in [0.05, 0.1) is 24.6 Å². The lowest BCUT2D eigenvalue weighted by molar-refractivity contribution is -0.121. The van der Waals surface area contributed by atoms with Gasteiger partial charge in [-0.3, -0.25) is 14.5 Å². The number of hydrogen-bond donors (Lipinski definition) is 1. The van der Waals surface area contributed by atoms with E-state index in [9.17, 15) is 9.59 Å². The number of piperidine rings is 1. The third-order valence-electron chi connectivity index (χ3n) is 5.90. The zero-order valence-corrected chi connectivity index (χ0v) is 18.0. The smallest absolute Gasteiger partial charge is 0.274 e. The predicted molar refractivity (Wildman–Crippen MR) is 120 cm³/mol. The number of nitrogens with one attached hydrogen (secondary N) is 1. The molecule has 0 spiro atoms. The summed E-state index contributed by atoms with van der Waals surface area (Å²) in [5, 5.41) is 8.82. The number of rotatable bonds is 6. The number of carbonyl (C=O) groups excluding carboxylic acids is 1. The summed E-state index contributed by atoms with van der Waals surface area (Å²) < 4.78 is 6.76. The number of aromatic nitrogens is 2. The first-order valence-electron chi connectivity index (χ1n) is 10.6. The summed E-state index contributed by atoms with van der Waals surface area (Å²) in [4.78, 5) is 27.4. The number of ether oxygens (including phenoxy) is 1. The Hall–Kier alpha value is -3.19. The number of likely N-dealkylation sites (tertiary alicyclic amines) is 1. The molecule has 1 saturated heterocycles. The van der Waals surface area contributed by atoms with Gasteiger partial charge in [-0.05, 0) is 25.0 Å². The topological polar surface area (TPSA) is 76.5 Å². The van der Waals surface area contributed by atoms with Crippen LogP contribution in [0.15, 0.2) is 53.3 Å². The van der Waals surface area contributed by atoms with Crippen LogP contribution in [0.3, 0.4) is 0 Å². The van der Waals surface area contributed by atoms with E-state index in [2.05, 4.69) is 21.4 Å². The summed E-state index contributed by atoms with van der Waals surface area (Å²) in [6.07, 6.45) is 1.97. The summed E-state index contributed by atoms with van der Waals surface area (Å²) in [7, 11) is 3.32. The molecular weight excluding hydrogens is 392 g/mol. The minimum Gasteiger partial charge on any atom is -0.496 e. The Bertz CT molecular complexity index is 1130. The van der Waals surface area contributed by atoms with E-state index < -0.39 is 0 Å². The summed E-state index contributed by atoms with van der Waals surface area (Å²) in [5.41, 5.74) is 1.66. The van der Waals surface area contributed by atoms with E-state index in [0.717, 1.165) is 43.6 Å². The van der Waals surface area contributed by atoms with E-state index in [0.29, 0.717) is 11.1 Å². The molecule has 1 fully saturated rings. The lowest BCUT2D eigenvalue weighted by atomic mass is 10.0. The molecule has 0 saturated carbocycles. The quantitative estimate of drug-likeness (QED) is 0.662. The van der Waals surface area contributed by atoms with Gasteiger partial charge in [0.25, 0.3) is 5.56 Å². The molecule has 0 aliphatic carbocycles. The molecule has 1 aliphatic heterocycles. The molecule has 1 N–H and O–H groups in total. The highest BCUT2D eigenvalue weighted by atomic mass is 16.5. The third-order valence-corrected chi connectivity index (χ3v) is 5.90. The summed E-state index contributed by atoms with van der Waals surface area (Å²) >= 11 is 0. The number of aryl methyl sites for hydroxylation is 1. The van der Waals surface area contributed by atoms with Gasteiger partial charge in [0.2, 0.25) is 5.91 Å². The van der Waals surface area contributed by atoms with Crippen LogP contribution in [0, 0.1) is 0 Å². The Kier molecular flexibility index (Phi) is 6.32. The van der Waals surface area contributed by atoms with Crippen molar-refractivity contribution in [2.24, 2.45) is 7.05 Å². The second-order valence-corrected chi connectivity index (χ2v) is 8.03. The zero-order chi connectivity index (χ0) is 21.8. The molecule has 0 atom stereocenters. The van der Waals surface area contributed by atoms with Gasteiger partial charge in [-0.2, -0.15) is 5.10 Å². The second-order valence-electron chi connectivity index (χ2n) is 8.03. The van der Waals surface area contributed by atoms with Crippen molar-refractivity contribution in [3.63, 3.8) is 0 Å². The molecule has 0 unspecified atom stereocenters. The van der Waals surface area contributed by atoms with Gasteiger partial charge in [-0.25, -0.2) is 4.68 Å². The SMILES string of the molecule is COc1ccccc1CN1CCC(NC(=O)Cc2nn(C)c(=O)c3ccccc23)CC1. The Labute approximate surface area is 181 Å². The lowest BCUT2D eigenvalue weighted by Gasteiger charge is -2.32. The van der Waals surface area contributed by atoms with Gasteiger partial charge >= 0.3 is 0 Å². The maximum atomic E-state index is 12.7. The van der Waals surface area contributed by atoms with Gasteiger partial charge < -0.3 is 10.1 Å². The van der Waals surface area contributed by atoms with Crippen LogP contribution < -0.4 is 15.6 Å². The van der Waals surface area contributed by atoms with Crippen molar-refractivity contribution in [2.75, 3.05) is 20.2 Å². The summed E-state index contributed by atoms with van der Waals surface area (Å²) in [6.45, 7) is 2.69. The van der Waals surface area contributed by atoms with Gasteiger partial charge in [-0.1, -0.05) is 36.4 Å². The first-order chi connectivity index (χ1) is 15.0. The van der Waals surface area contributed by atoms with E-state index in [1.165, 1.54) is 10.2 Å². The highest BCUT2D eigenvalue weighted by Gasteiger charge is 2.22. The Balaban J connectivity index is 1.34. The fourth-order valence-electron chi connectivity index (χ4n) is 4.25. The van der Waals surface area contributed by atoms with Crippen molar-refractivity contribution in [1.82, 2.24) is 20.0 Å². The first-order valence-corrected chi connectivity index (χ1v) is 10.6. The van der Waals surface area contributed by atoms with Crippen LogP contribution in [0.25, 0.3) is 10.8 Å². The standard InChI is InChI=1S/C24H28N4O3/c1-27-24(30)20-9-5-4-8-19(20)21(26-27)15-23(29)25-18-11-13-28(14-12-18)16-17-7-3-6-10-22(17)31-2/h3-10,18H,11-16H2,1-2H3,(H,25,29). The molecule has 162 valence electrons. The average Bonchev–Trinajstić information content (AvgIpc) is 2.79. The highest BCUT2D eigenvalue weighted by molar-refractivity contribution is 5.88. The van der Waals surface area contributed by atoms with Crippen LogP contribution in [0.4, 0.5) is 0 Å². The van der Waals surface area contributed by atoms with E-state index in [1.54, 1.807) is 20.2 Å². The summed E-state index contributed by atoms with van der Waals surface area (Å²) in [5.74, 6) is 0.856. The molecule has 4 rings (SSSR count). The zero-order valence-electron chi connectivity index (χ0n) is 18.0. The lowest BCUT2D eigenvalue weighted by Crippen LogP contribution is -2.45. The molecule has 7 nitrogen and oxygen atoms in total. The van der Waals surface area contributed by atoms with Crippen molar-refractivity contribution in [3.8, 4) is 5.75 Å². The monoisotopic (exact) mass is 420 g/mol. The van der Waals surface area contributed by atoms with E-state index >= 15 is 0 Å². The fraction of sp³-hybridized carbons (Fsp3) is 0.375. The second kappa shape index (κ2) is 9.31. The Morgan fingerprint density at radius 2 is 1.77 bits per heavy atom. The van der Waals surface area contributed by atoms with Crippen LogP contribution >= 0.6 is 0 Å². The molecular formula is C24H28N4O3. The van der Waals surface area contributed by atoms with Gasteiger partial charge in [0.1, 0.15) is 5.75 Å². The van der Waals surface area contributed by atoms with Crippen molar-refractivity contribution >= 4 is 16.7 Å².